The van der Waals surface area contributed by atoms with Gasteiger partial charge in [-0.1, -0.05) is 12.8 Å². The highest BCUT2D eigenvalue weighted by Gasteiger charge is 2.25. The van der Waals surface area contributed by atoms with Crippen LogP contribution in [-0.4, -0.2) is 26.3 Å². The topological polar surface area (TPSA) is 64.6 Å². The summed E-state index contributed by atoms with van der Waals surface area (Å²) in [5.74, 6) is -0.394. The Balaban J connectivity index is 2.41. The van der Waals surface area contributed by atoms with E-state index in [1.54, 1.807) is 0 Å². The van der Waals surface area contributed by atoms with Gasteiger partial charge in [0.05, 0.1) is 19.8 Å². The molecule has 1 aliphatic carbocycles. The molecule has 20 heavy (non-hydrogen) atoms. The Kier molecular flexibility index (Phi) is 5.00. The van der Waals surface area contributed by atoms with Crippen molar-refractivity contribution >= 4 is 28.4 Å². The predicted octanol–water partition coefficient (Wildman–Crippen LogP) is 3.37. The molecule has 1 aliphatic rings. The Morgan fingerprint density at radius 1 is 1.05 bits per heavy atom. The molecular weight excluding hydrogens is 278 g/mol. The van der Waals surface area contributed by atoms with E-state index in [-0.39, 0.29) is 0 Å². The molecule has 5 nitrogen and oxygen atoms in total. The number of anilines is 1. The minimum absolute atomic E-state index is 0.394. The SMILES string of the molecule is COC(=O)Nc1sc2c(c1C(=O)OC)CCCCCC2. The van der Waals surface area contributed by atoms with Gasteiger partial charge in [0.15, 0.2) is 0 Å². The first kappa shape index (κ1) is 14.8. The number of rotatable bonds is 2. The Labute approximate surface area is 122 Å². The highest BCUT2D eigenvalue weighted by molar-refractivity contribution is 7.17. The molecule has 0 saturated heterocycles. The molecular formula is C14H19NO4S. The molecule has 110 valence electrons. The first-order valence-corrected chi connectivity index (χ1v) is 7.56. The third kappa shape index (κ3) is 3.12. The van der Waals surface area contributed by atoms with Gasteiger partial charge in [0.1, 0.15) is 5.00 Å². The van der Waals surface area contributed by atoms with Crippen LogP contribution in [0.15, 0.2) is 0 Å². The maximum atomic E-state index is 12.0. The molecule has 0 radical (unpaired) electrons. The van der Waals surface area contributed by atoms with Crippen LogP contribution in [0.4, 0.5) is 9.80 Å². The summed E-state index contributed by atoms with van der Waals surface area (Å²) in [6, 6.07) is 0. The van der Waals surface area contributed by atoms with Crippen molar-refractivity contribution in [1.29, 1.82) is 0 Å². The molecule has 0 aromatic carbocycles. The van der Waals surface area contributed by atoms with E-state index < -0.39 is 12.1 Å². The summed E-state index contributed by atoms with van der Waals surface area (Å²) < 4.78 is 9.47. The summed E-state index contributed by atoms with van der Waals surface area (Å²) in [4.78, 5) is 24.6. The van der Waals surface area contributed by atoms with Gasteiger partial charge in [-0.05, 0) is 31.2 Å². The fraction of sp³-hybridized carbons (Fsp3) is 0.571. The molecule has 0 atom stereocenters. The second-order valence-corrected chi connectivity index (χ2v) is 5.84. The lowest BCUT2D eigenvalue weighted by Gasteiger charge is -2.10. The van der Waals surface area contributed by atoms with E-state index in [0.717, 1.165) is 31.2 Å². The highest BCUT2D eigenvalue weighted by Crippen LogP contribution is 2.37. The van der Waals surface area contributed by atoms with Crippen molar-refractivity contribution in [2.45, 2.75) is 38.5 Å². The fourth-order valence-corrected chi connectivity index (χ4v) is 3.73. The van der Waals surface area contributed by atoms with E-state index in [2.05, 4.69) is 10.1 Å². The van der Waals surface area contributed by atoms with Crippen molar-refractivity contribution < 1.29 is 19.1 Å². The lowest BCUT2D eigenvalue weighted by molar-refractivity contribution is 0.0601. The first-order chi connectivity index (χ1) is 9.67. The van der Waals surface area contributed by atoms with Crippen LogP contribution >= 0.6 is 11.3 Å². The number of hydrogen-bond acceptors (Lipinski definition) is 5. The summed E-state index contributed by atoms with van der Waals surface area (Å²) in [6.07, 6.45) is 5.81. The molecule has 0 bridgehead atoms. The zero-order valence-corrected chi connectivity index (χ0v) is 12.6. The average Bonchev–Trinajstić information content (AvgIpc) is 2.74. The zero-order chi connectivity index (χ0) is 14.5. The van der Waals surface area contributed by atoms with Gasteiger partial charge >= 0.3 is 12.1 Å². The van der Waals surface area contributed by atoms with Crippen LogP contribution in [0.1, 0.15) is 46.5 Å². The van der Waals surface area contributed by atoms with Crippen molar-refractivity contribution in [2.75, 3.05) is 19.5 Å². The summed E-state index contributed by atoms with van der Waals surface area (Å²) >= 11 is 1.46. The van der Waals surface area contributed by atoms with Crippen LogP contribution in [0.2, 0.25) is 0 Å². The molecule has 0 unspecified atom stereocenters. The van der Waals surface area contributed by atoms with Gasteiger partial charge in [-0.25, -0.2) is 9.59 Å². The van der Waals surface area contributed by atoms with Gasteiger partial charge in [-0.15, -0.1) is 11.3 Å². The number of esters is 1. The third-order valence-corrected chi connectivity index (χ3v) is 4.67. The van der Waals surface area contributed by atoms with E-state index in [1.165, 1.54) is 43.3 Å². The number of thiophene rings is 1. The summed E-state index contributed by atoms with van der Waals surface area (Å²) in [5.41, 5.74) is 1.53. The molecule has 1 amide bonds. The van der Waals surface area contributed by atoms with E-state index in [1.807, 2.05) is 0 Å². The average molecular weight is 297 g/mol. The summed E-state index contributed by atoms with van der Waals surface area (Å²) in [5, 5.41) is 3.17. The van der Waals surface area contributed by atoms with Crippen molar-refractivity contribution in [3.63, 3.8) is 0 Å². The number of amides is 1. The first-order valence-electron chi connectivity index (χ1n) is 6.75. The van der Waals surface area contributed by atoms with Crippen molar-refractivity contribution in [3.8, 4) is 0 Å². The molecule has 0 saturated carbocycles. The van der Waals surface area contributed by atoms with Crippen LogP contribution in [0.3, 0.4) is 0 Å². The number of aryl methyl sites for hydroxylation is 1. The molecule has 1 aromatic rings. The second kappa shape index (κ2) is 6.74. The Morgan fingerprint density at radius 2 is 1.75 bits per heavy atom. The van der Waals surface area contributed by atoms with Gasteiger partial charge < -0.3 is 9.47 Å². The number of carbonyl (C=O) groups excluding carboxylic acids is 2. The van der Waals surface area contributed by atoms with E-state index in [0.29, 0.717) is 10.6 Å². The Morgan fingerprint density at radius 3 is 2.40 bits per heavy atom. The van der Waals surface area contributed by atoms with Gasteiger partial charge in [-0.3, -0.25) is 5.32 Å². The molecule has 1 heterocycles. The number of fused-ring (bicyclic) bond motifs is 1. The summed E-state index contributed by atoms with van der Waals surface area (Å²) in [7, 11) is 2.66. The smallest absolute Gasteiger partial charge is 0.411 e. The van der Waals surface area contributed by atoms with E-state index >= 15 is 0 Å². The van der Waals surface area contributed by atoms with Crippen LogP contribution in [-0.2, 0) is 22.3 Å². The maximum Gasteiger partial charge on any atom is 0.411 e. The van der Waals surface area contributed by atoms with Crippen LogP contribution < -0.4 is 5.32 Å². The molecule has 1 N–H and O–H groups in total. The number of methoxy groups -OCH3 is 2. The molecule has 0 spiro atoms. The molecule has 1 aromatic heterocycles. The Bertz CT molecular complexity index is 510. The minimum atomic E-state index is -0.565. The molecule has 0 aliphatic heterocycles. The van der Waals surface area contributed by atoms with Gasteiger partial charge in [-0.2, -0.15) is 0 Å². The standard InChI is InChI=1S/C14H19NO4S/c1-18-13(16)11-9-7-5-3-4-6-8-10(9)20-12(11)15-14(17)19-2/h3-8H2,1-2H3,(H,15,17). The van der Waals surface area contributed by atoms with Gasteiger partial charge in [0, 0.05) is 4.88 Å². The predicted molar refractivity (Wildman–Crippen MR) is 77.6 cm³/mol. The zero-order valence-electron chi connectivity index (χ0n) is 11.8. The van der Waals surface area contributed by atoms with Crippen molar-refractivity contribution in [2.24, 2.45) is 0 Å². The lowest BCUT2D eigenvalue weighted by Crippen LogP contribution is -2.14. The number of hydrogen-bond donors (Lipinski definition) is 1. The normalized spacial score (nSPS) is 14.7. The third-order valence-electron chi connectivity index (χ3n) is 3.46. The summed E-state index contributed by atoms with van der Waals surface area (Å²) in [6.45, 7) is 0. The highest BCUT2D eigenvalue weighted by atomic mass is 32.1. The fourth-order valence-electron chi connectivity index (χ4n) is 2.47. The number of carbonyl (C=O) groups is 2. The quantitative estimate of drug-likeness (QED) is 0.850. The Hall–Kier alpha value is -1.56. The van der Waals surface area contributed by atoms with Gasteiger partial charge in [0.25, 0.3) is 0 Å². The monoisotopic (exact) mass is 297 g/mol. The van der Waals surface area contributed by atoms with E-state index in [9.17, 15) is 9.59 Å². The molecule has 0 fully saturated rings. The van der Waals surface area contributed by atoms with Crippen molar-refractivity contribution in [1.82, 2.24) is 0 Å². The molecule has 6 heteroatoms. The molecule has 2 rings (SSSR count). The van der Waals surface area contributed by atoms with Crippen molar-refractivity contribution in [3.05, 3.63) is 16.0 Å². The van der Waals surface area contributed by atoms with Gasteiger partial charge in [0.2, 0.25) is 0 Å². The van der Waals surface area contributed by atoms with Crippen LogP contribution in [0.5, 0.6) is 0 Å². The largest absolute Gasteiger partial charge is 0.465 e. The number of ether oxygens (including phenoxy) is 2. The van der Waals surface area contributed by atoms with Crippen LogP contribution in [0.25, 0.3) is 0 Å². The second-order valence-electron chi connectivity index (χ2n) is 4.73. The van der Waals surface area contributed by atoms with E-state index in [4.69, 9.17) is 4.74 Å². The maximum absolute atomic E-state index is 12.0. The minimum Gasteiger partial charge on any atom is -0.465 e. The number of nitrogens with one attached hydrogen (secondary N) is 1. The lowest BCUT2D eigenvalue weighted by atomic mass is 9.96. The van der Waals surface area contributed by atoms with Crippen LogP contribution in [0, 0.1) is 0 Å².